The van der Waals surface area contributed by atoms with Crippen LogP contribution in [0, 0.1) is 6.92 Å². The molecule has 5 heteroatoms. The molecule has 0 aliphatic rings. The lowest BCUT2D eigenvalue weighted by Gasteiger charge is -2.10. The molecular weight excluding hydrogens is 326 g/mol. The Balaban J connectivity index is 1.54. The van der Waals surface area contributed by atoms with Crippen molar-refractivity contribution in [3.8, 4) is 5.75 Å². The first-order valence-corrected chi connectivity index (χ1v) is 8.38. The molecule has 0 spiro atoms. The maximum Gasteiger partial charge on any atom is 0.255 e. The number of hydrogen-bond acceptors (Lipinski definition) is 4. The van der Waals surface area contributed by atoms with Crippen LogP contribution in [0.2, 0.25) is 0 Å². The maximum absolute atomic E-state index is 12.1. The predicted octanol–water partition coefficient (Wildman–Crippen LogP) is 3.48. The zero-order valence-corrected chi connectivity index (χ0v) is 14.6. The van der Waals surface area contributed by atoms with Gasteiger partial charge in [-0.2, -0.15) is 0 Å². The second-order valence-electron chi connectivity index (χ2n) is 5.98. The molecule has 0 aliphatic heterocycles. The molecule has 5 nitrogen and oxygen atoms in total. The van der Waals surface area contributed by atoms with E-state index in [0.717, 1.165) is 16.9 Å². The van der Waals surface area contributed by atoms with Crippen LogP contribution >= 0.6 is 0 Å². The van der Waals surface area contributed by atoms with Crippen molar-refractivity contribution in [3.63, 3.8) is 0 Å². The molecule has 3 N–H and O–H groups in total. The third kappa shape index (κ3) is 4.39. The van der Waals surface area contributed by atoms with Crippen LogP contribution in [0.4, 0.5) is 5.82 Å². The zero-order valence-electron chi connectivity index (χ0n) is 14.6. The highest BCUT2D eigenvalue weighted by atomic mass is 16.5. The van der Waals surface area contributed by atoms with Crippen LogP contribution in [-0.4, -0.2) is 10.9 Å². The number of nitrogens with one attached hydrogen (secondary N) is 1. The van der Waals surface area contributed by atoms with Crippen LogP contribution in [0.5, 0.6) is 5.75 Å². The number of carbonyl (C=O) groups is 1. The van der Waals surface area contributed by atoms with E-state index in [2.05, 4.69) is 29.4 Å². The number of nitrogens with zero attached hydrogens (tertiary/aromatic N) is 1. The van der Waals surface area contributed by atoms with Crippen molar-refractivity contribution in [2.75, 3.05) is 5.73 Å². The second kappa shape index (κ2) is 8.16. The summed E-state index contributed by atoms with van der Waals surface area (Å²) < 4.78 is 5.83. The van der Waals surface area contributed by atoms with Gasteiger partial charge in [0.05, 0.1) is 5.56 Å². The Morgan fingerprint density at radius 1 is 1.08 bits per heavy atom. The Bertz CT molecular complexity index is 892. The molecular formula is C21H21N3O2. The number of hydrogen-bond donors (Lipinski definition) is 2. The monoisotopic (exact) mass is 347 g/mol. The highest BCUT2D eigenvalue weighted by Crippen LogP contribution is 2.16. The van der Waals surface area contributed by atoms with Crippen LogP contribution in [0.3, 0.4) is 0 Å². The molecule has 1 heterocycles. The van der Waals surface area contributed by atoms with E-state index in [-0.39, 0.29) is 11.7 Å². The number of anilines is 1. The average molecular weight is 347 g/mol. The van der Waals surface area contributed by atoms with Gasteiger partial charge in [-0.25, -0.2) is 4.98 Å². The minimum Gasteiger partial charge on any atom is -0.489 e. The number of nitrogen functional groups attached to an aromatic ring is 1. The maximum atomic E-state index is 12.1. The lowest BCUT2D eigenvalue weighted by Crippen LogP contribution is -2.24. The number of benzene rings is 2. The van der Waals surface area contributed by atoms with E-state index >= 15 is 0 Å². The minimum atomic E-state index is -0.240. The number of aryl methyl sites for hydroxylation is 1. The van der Waals surface area contributed by atoms with Crippen LogP contribution < -0.4 is 15.8 Å². The molecule has 0 radical (unpaired) electrons. The van der Waals surface area contributed by atoms with E-state index in [4.69, 9.17) is 10.5 Å². The Morgan fingerprint density at radius 2 is 1.85 bits per heavy atom. The van der Waals surface area contributed by atoms with Crippen LogP contribution in [-0.2, 0) is 13.2 Å². The number of carbonyl (C=O) groups excluding carboxylic acids is 1. The fourth-order valence-corrected chi connectivity index (χ4v) is 2.52. The number of rotatable bonds is 6. The van der Waals surface area contributed by atoms with E-state index in [1.54, 1.807) is 18.3 Å². The quantitative estimate of drug-likeness (QED) is 0.716. The third-order valence-corrected chi connectivity index (χ3v) is 4.12. The summed E-state index contributed by atoms with van der Waals surface area (Å²) in [5.74, 6) is 0.778. The van der Waals surface area contributed by atoms with Gasteiger partial charge in [0.15, 0.2) is 0 Å². The fourth-order valence-electron chi connectivity index (χ4n) is 2.52. The molecule has 1 amide bonds. The Kier molecular flexibility index (Phi) is 5.49. The van der Waals surface area contributed by atoms with Gasteiger partial charge in [0.25, 0.3) is 5.91 Å². The lowest BCUT2D eigenvalue weighted by atomic mass is 10.1. The molecule has 0 unspecified atom stereocenters. The van der Waals surface area contributed by atoms with E-state index in [1.807, 2.05) is 36.4 Å². The van der Waals surface area contributed by atoms with E-state index in [1.165, 1.54) is 5.56 Å². The van der Waals surface area contributed by atoms with Gasteiger partial charge in [0.1, 0.15) is 18.2 Å². The largest absolute Gasteiger partial charge is 0.489 e. The number of pyridine rings is 1. The van der Waals surface area contributed by atoms with Crippen molar-refractivity contribution in [1.29, 1.82) is 0 Å². The van der Waals surface area contributed by atoms with Crippen molar-refractivity contribution in [3.05, 3.63) is 89.1 Å². The topological polar surface area (TPSA) is 77.2 Å². The molecule has 1 aromatic heterocycles. The summed E-state index contributed by atoms with van der Waals surface area (Å²) in [6.07, 6.45) is 1.56. The van der Waals surface area contributed by atoms with Gasteiger partial charge in [0.2, 0.25) is 0 Å². The highest BCUT2D eigenvalue weighted by molar-refractivity contribution is 5.98. The average Bonchev–Trinajstić information content (AvgIpc) is 2.67. The van der Waals surface area contributed by atoms with Crippen LogP contribution in [0.25, 0.3) is 0 Å². The number of ether oxygens (including phenoxy) is 1. The molecule has 132 valence electrons. The summed E-state index contributed by atoms with van der Waals surface area (Å²) in [6.45, 7) is 3.01. The van der Waals surface area contributed by atoms with Gasteiger partial charge >= 0.3 is 0 Å². The molecule has 3 rings (SSSR count). The van der Waals surface area contributed by atoms with Crippen molar-refractivity contribution in [1.82, 2.24) is 10.3 Å². The summed E-state index contributed by atoms with van der Waals surface area (Å²) >= 11 is 0. The summed E-state index contributed by atoms with van der Waals surface area (Å²) in [5, 5.41) is 2.84. The molecule has 0 saturated carbocycles. The van der Waals surface area contributed by atoms with Gasteiger partial charge in [-0.3, -0.25) is 4.79 Å². The Morgan fingerprint density at radius 3 is 2.58 bits per heavy atom. The van der Waals surface area contributed by atoms with Crippen LogP contribution in [0.15, 0.2) is 66.9 Å². The first-order chi connectivity index (χ1) is 12.6. The first-order valence-electron chi connectivity index (χ1n) is 8.38. The smallest absolute Gasteiger partial charge is 0.255 e. The van der Waals surface area contributed by atoms with E-state index in [9.17, 15) is 4.79 Å². The zero-order chi connectivity index (χ0) is 18.4. The minimum absolute atomic E-state index is 0.227. The number of amides is 1. The van der Waals surface area contributed by atoms with Gasteiger partial charge in [0, 0.05) is 12.7 Å². The summed E-state index contributed by atoms with van der Waals surface area (Å²) in [4.78, 5) is 16.1. The highest BCUT2D eigenvalue weighted by Gasteiger charge is 2.09. The van der Waals surface area contributed by atoms with Crippen molar-refractivity contribution in [2.45, 2.75) is 20.1 Å². The van der Waals surface area contributed by atoms with Crippen LogP contribution in [0.1, 0.15) is 27.0 Å². The van der Waals surface area contributed by atoms with Gasteiger partial charge in [-0.15, -0.1) is 0 Å². The van der Waals surface area contributed by atoms with Crippen molar-refractivity contribution >= 4 is 11.7 Å². The molecule has 2 aromatic carbocycles. The third-order valence-electron chi connectivity index (χ3n) is 4.12. The van der Waals surface area contributed by atoms with E-state index in [0.29, 0.717) is 18.7 Å². The fraction of sp³-hybridized carbons (Fsp3) is 0.143. The standard InChI is InChI=1S/C21H21N3O2/c1-15-5-2-3-6-17(15)14-26-18-10-8-16(9-11-18)13-24-21(25)19-7-4-12-23-20(19)22/h2-12H,13-14H2,1H3,(H2,22,23)(H,24,25). The summed E-state index contributed by atoms with van der Waals surface area (Å²) in [5.41, 5.74) is 9.44. The molecule has 0 saturated heterocycles. The summed E-state index contributed by atoms with van der Waals surface area (Å²) in [7, 11) is 0. The molecule has 26 heavy (non-hydrogen) atoms. The molecule has 3 aromatic rings. The van der Waals surface area contributed by atoms with Gasteiger partial charge in [-0.05, 0) is 47.9 Å². The summed E-state index contributed by atoms with van der Waals surface area (Å²) in [6, 6.07) is 19.2. The lowest BCUT2D eigenvalue weighted by molar-refractivity contribution is 0.0951. The van der Waals surface area contributed by atoms with E-state index < -0.39 is 0 Å². The second-order valence-corrected chi connectivity index (χ2v) is 5.98. The number of aromatic nitrogens is 1. The molecule has 0 aliphatic carbocycles. The van der Waals surface area contributed by atoms with Gasteiger partial charge < -0.3 is 15.8 Å². The predicted molar refractivity (Wildman–Crippen MR) is 102 cm³/mol. The first kappa shape index (κ1) is 17.5. The SMILES string of the molecule is Cc1ccccc1COc1ccc(CNC(=O)c2cccnc2N)cc1. The Labute approximate surface area is 152 Å². The molecule has 0 bridgehead atoms. The molecule has 0 atom stereocenters. The normalized spacial score (nSPS) is 10.3. The van der Waals surface area contributed by atoms with Gasteiger partial charge in [-0.1, -0.05) is 36.4 Å². The van der Waals surface area contributed by atoms with Crippen molar-refractivity contribution in [2.24, 2.45) is 0 Å². The number of nitrogens with two attached hydrogens (primary N) is 1. The van der Waals surface area contributed by atoms with Crippen molar-refractivity contribution < 1.29 is 9.53 Å². The molecule has 0 fully saturated rings. The Hall–Kier alpha value is -3.34.